The van der Waals surface area contributed by atoms with E-state index in [0.29, 0.717) is 0 Å². The smallest absolute Gasteiger partial charge is 0.328 e. The SMILES string of the molecule is CC(NC(=O)C(N)CS)C(=O)NC(C(=O)NC(C(=O)O)C(C)O)C(C)C. The minimum atomic E-state index is -1.51. The first-order valence-corrected chi connectivity index (χ1v) is 8.74. The van der Waals surface area contributed by atoms with E-state index in [1.165, 1.54) is 13.8 Å². The number of hydrogen-bond donors (Lipinski definition) is 7. The maximum absolute atomic E-state index is 12.3. The zero-order valence-corrected chi connectivity index (χ0v) is 16.1. The molecule has 150 valence electrons. The Kier molecular flexibility index (Phi) is 10.2. The second-order valence-corrected chi connectivity index (χ2v) is 6.68. The van der Waals surface area contributed by atoms with Gasteiger partial charge in [0.2, 0.25) is 17.7 Å². The molecule has 0 aliphatic rings. The fourth-order valence-electron chi connectivity index (χ4n) is 1.91. The quantitative estimate of drug-likeness (QED) is 0.207. The molecule has 26 heavy (non-hydrogen) atoms. The van der Waals surface area contributed by atoms with Crippen LogP contribution in [0.4, 0.5) is 0 Å². The van der Waals surface area contributed by atoms with E-state index < -0.39 is 54.0 Å². The first-order chi connectivity index (χ1) is 11.9. The number of rotatable bonds is 10. The number of carbonyl (C=O) groups excluding carboxylic acids is 3. The second kappa shape index (κ2) is 11.0. The van der Waals surface area contributed by atoms with Gasteiger partial charge < -0.3 is 31.9 Å². The highest BCUT2D eigenvalue weighted by Gasteiger charge is 2.32. The average Bonchev–Trinajstić information content (AvgIpc) is 2.54. The summed E-state index contributed by atoms with van der Waals surface area (Å²) in [7, 11) is 0. The van der Waals surface area contributed by atoms with Gasteiger partial charge >= 0.3 is 5.97 Å². The van der Waals surface area contributed by atoms with Crippen LogP contribution in [0.2, 0.25) is 0 Å². The van der Waals surface area contributed by atoms with Crippen molar-refractivity contribution in [2.24, 2.45) is 11.7 Å². The lowest BCUT2D eigenvalue weighted by molar-refractivity contribution is -0.145. The Labute approximate surface area is 157 Å². The van der Waals surface area contributed by atoms with Gasteiger partial charge in [-0.2, -0.15) is 12.6 Å². The molecule has 0 saturated carbocycles. The van der Waals surface area contributed by atoms with Crippen molar-refractivity contribution in [3.8, 4) is 0 Å². The van der Waals surface area contributed by atoms with Crippen LogP contribution in [0.5, 0.6) is 0 Å². The maximum Gasteiger partial charge on any atom is 0.328 e. The molecular formula is C15H28N4O6S. The molecule has 3 amide bonds. The Bertz CT molecular complexity index is 528. The molecule has 0 saturated heterocycles. The van der Waals surface area contributed by atoms with E-state index >= 15 is 0 Å². The van der Waals surface area contributed by atoms with Gasteiger partial charge in [-0.15, -0.1) is 0 Å². The van der Waals surface area contributed by atoms with Crippen molar-refractivity contribution in [1.82, 2.24) is 16.0 Å². The number of nitrogens with one attached hydrogen (secondary N) is 3. The molecule has 0 fully saturated rings. The van der Waals surface area contributed by atoms with Crippen LogP contribution in [0.3, 0.4) is 0 Å². The summed E-state index contributed by atoms with van der Waals surface area (Å²) in [4.78, 5) is 47.3. The molecule has 11 heteroatoms. The number of aliphatic carboxylic acids is 1. The maximum atomic E-state index is 12.3. The van der Waals surface area contributed by atoms with Gasteiger partial charge in [-0.25, -0.2) is 4.79 Å². The van der Waals surface area contributed by atoms with Crippen LogP contribution >= 0.6 is 12.6 Å². The second-order valence-electron chi connectivity index (χ2n) is 6.31. The molecule has 0 spiro atoms. The number of aliphatic hydroxyl groups excluding tert-OH is 1. The van der Waals surface area contributed by atoms with Crippen LogP contribution in [-0.4, -0.2) is 69.9 Å². The summed E-state index contributed by atoms with van der Waals surface area (Å²) in [5, 5.41) is 25.5. The first-order valence-electron chi connectivity index (χ1n) is 8.10. The molecule has 0 radical (unpaired) electrons. The normalized spacial score (nSPS) is 16.8. The van der Waals surface area contributed by atoms with E-state index in [0.717, 1.165) is 0 Å². The molecule has 0 aromatic carbocycles. The highest BCUT2D eigenvalue weighted by atomic mass is 32.1. The molecule has 10 nitrogen and oxygen atoms in total. The highest BCUT2D eigenvalue weighted by molar-refractivity contribution is 7.80. The number of aliphatic hydroxyl groups is 1. The fraction of sp³-hybridized carbons (Fsp3) is 0.733. The fourth-order valence-corrected chi connectivity index (χ4v) is 2.08. The third kappa shape index (κ3) is 7.58. The molecule has 0 bridgehead atoms. The van der Waals surface area contributed by atoms with Crippen molar-refractivity contribution in [2.75, 3.05) is 5.75 Å². The van der Waals surface area contributed by atoms with Crippen LogP contribution in [0.25, 0.3) is 0 Å². The van der Waals surface area contributed by atoms with Gasteiger partial charge in [0.1, 0.15) is 12.1 Å². The largest absolute Gasteiger partial charge is 0.480 e. The Morgan fingerprint density at radius 3 is 1.81 bits per heavy atom. The van der Waals surface area contributed by atoms with Crippen LogP contribution < -0.4 is 21.7 Å². The number of carbonyl (C=O) groups is 4. The number of nitrogens with two attached hydrogens (primary N) is 1. The summed E-state index contributed by atoms with van der Waals surface area (Å²) in [6.45, 7) is 5.96. The Hall–Kier alpha value is -1.85. The van der Waals surface area contributed by atoms with Gasteiger partial charge in [-0.05, 0) is 19.8 Å². The van der Waals surface area contributed by atoms with Crippen molar-refractivity contribution >= 4 is 36.3 Å². The third-order valence-electron chi connectivity index (χ3n) is 3.58. The molecule has 5 unspecified atom stereocenters. The van der Waals surface area contributed by atoms with Crippen molar-refractivity contribution in [2.45, 2.75) is 58.0 Å². The number of carboxylic acid groups (broad SMARTS) is 1. The van der Waals surface area contributed by atoms with Crippen molar-refractivity contribution < 1.29 is 29.4 Å². The molecule has 0 aromatic heterocycles. The van der Waals surface area contributed by atoms with E-state index in [1.807, 2.05) is 0 Å². The summed E-state index contributed by atoms with van der Waals surface area (Å²) in [5.41, 5.74) is 5.51. The summed E-state index contributed by atoms with van der Waals surface area (Å²) < 4.78 is 0. The minimum Gasteiger partial charge on any atom is -0.480 e. The van der Waals surface area contributed by atoms with Crippen LogP contribution in [-0.2, 0) is 19.2 Å². The van der Waals surface area contributed by atoms with E-state index in [9.17, 15) is 24.3 Å². The van der Waals surface area contributed by atoms with E-state index in [1.54, 1.807) is 13.8 Å². The lowest BCUT2D eigenvalue weighted by atomic mass is 10.0. The van der Waals surface area contributed by atoms with E-state index in [-0.39, 0.29) is 11.7 Å². The van der Waals surface area contributed by atoms with Crippen molar-refractivity contribution in [3.05, 3.63) is 0 Å². The van der Waals surface area contributed by atoms with Gasteiger partial charge in [0.25, 0.3) is 0 Å². The Morgan fingerprint density at radius 1 is 0.923 bits per heavy atom. The van der Waals surface area contributed by atoms with Crippen LogP contribution in [0.15, 0.2) is 0 Å². The number of carboxylic acids is 1. The van der Waals surface area contributed by atoms with Crippen LogP contribution in [0, 0.1) is 5.92 Å². The molecule has 0 rings (SSSR count). The van der Waals surface area contributed by atoms with E-state index in [4.69, 9.17) is 10.8 Å². The van der Waals surface area contributed by atoms with Crippen molar-refractivity contribution in [1.29, 1.82) is 0 Å². The predicted octanol–water partition coefficient (Wildman–Crippen LogP) is -2.16. The zero-order chi connectivity index (χ0) is 20.6. The van der Waals surface area contributed by atoms with Gasteiger partial charge in [0.05, 0.1) is 12.1 Å². The number of amides is 3. The molecule has 0 aromatic rings. The Balaban J connectivity index is 5.00. The van der Waals surface area contributed by atoms with E-state index in [2.05, 4.69) is 28.6 Å². The van der Waals surface area contributed by atoms with Crippen LogP contribution in [0.1, 0.15) is 27.7 Å². The standard InChI is InChI=1S/C15H28N4O6S/c1-6(2)10(14(23)19-11(8(4)20)15(24)25)18-12(21)7(3)17-13(22)9(16)5-26/h6-11,20,26H,5,16H2,1-4H3,(H,17,22)(H,18,21)(H,19,23)(H,24,25). The average molecular weight is 392 g/mol. The number of hydrogen-bond acceptors (Lipinski definition) is 7. The molecule has 5 atom stereocenters. The predicted molar refractivity (Wildman–Crippen MR) is 97.4 cm³/mol. The summed E-state index contributed by atoms with van der Waals surface area (Å²) in [6.07, 6.45) is -1.32. The molecule has 0 aliphatic heterocycles. The monoisotopic (exact) mass is 392 g/mol. The first kappa shape index (κ1) is 24.1. The minimum absolute atomic E-state index is 0.104. The summed E-state index contributed by atoms with van der Waals surface area (Å²) in [6, 6.07) is -4.40. The zero-order valence-electron chi connectivity index (χ0n) is 15.2. The lowest BCUT2D eigenvalue weighted by Gasteiger charge is -2.26. The molecular weight excluding hydrogens is 364 g/mol. The highest BCUT2D eigenvalue weighted by Crippen LogP contribution is 2.05. The van der Waals surface area contributed by atoms with Gasteiger partial charge in [-0.1, -0.05) is 13.8 Å². The molecule has 0 aliphatic carbocycles. The van der Waals surface area contributed by atoms with Crippen molar-refractivity contribution in [3.63, 3.8) is 0 Å². The molecule has 7 N–H and O–H groups in total. The molecule has 0 heterocycles. The lowest BCUT2D eigenvalue weighted by Crippen LogP contribution is -2.59. The topological polar surface area (TPSA) is 171 Å². The van der Waals surface area contributed by atoms with Gasteiger partial charge in [0.15, 0.2) is 6.04 Å². The summed E-state index contributed by atoms with van der Waals surface area (Å²) >= 11 is 3.90. The Morgan fingerprint density at radius 2 is 1.42 bits per heavy atom. The van der Waals surface area contributed by atoms with Gasteiger partial charge in [-0.3, -0.25) is 14.4 Å². The summed E-state index contributed by atoms with van der Waals surface area (Å²) in [5.74, 6) is -3.62. The third-order valence-corrected chi connectivity index (χ3v) is 3.97. The number of thiol groups is 1. The van der Waals surface area contributed by atoms with Gasteiger partial charge in [0, 0.05) is 5.75 Å².